The molecule has 1 saturated carbocycles. The third-order valence-corrected chi connectivity index (χ3v) is 3.66. The van der Waals surface area contributed by atoms with E-state index in [-0.39, 0.29) is 24.8 Å². The molecule has 18 heavy (non-hydrogen) atoms. The molecule has 2 rings (SSSR count). The highest BCUT2D eigenvalue weighted by Gasteiger charge is 2.34. The Morgan fingerprint density at radius 3 is 2.78 bits per heavy atom. The average Bonchev–Trinajstić information content (AvgIpc) is 2.79. The predicted molar refractivity (Wildman–Crippen MR) is 64.1 cm³/mol. The molecule has 2 N–H and O–H groups in total. The summed E-state index contributed by atoms with van der Waals surface area (Å²) in [7, 11) is 0. The summed E-state index contributed by atoms with van der Waals surface area (Å²) in [6.45, 7) is 2.66. The lowest BCUT2D eigenvalue weighted by atomic mass is 9.87. The van der Waals surface area contributed by atoms with Gasteiger partial charge in [0.05, 0.1) is 17.9 Å². The van der Waals surface area contributed by atoms with Gasteiger partial charge in [-0.05, 0) is 25.2 Å². The molecule has 0 saturated heterocycles. The van der Waals surface area contributed by atoms with Gasteiger partial charge >= 0.3 is 0 Å². The fourth-order valence-corrected chi connectivity index (χ4v) is 2.33. The maximum absolute atomic E-state index is 13.0. The lowest BCUT2D eigenvalue weighted by Gasteiger charge is -2.27. The average molecular weight is 258 g/mol. The number of alkyl halides is 2. The first-order valence-electron chi connectivity index (χ1n) is 6.53. The fraction of sp³-hybridized carbons (Fsp3) is 0.833. The largest absolute Gasteiger partial charge is 0.323 e. The fourth-order valence-electron chi connectivity index (χ4n) is 2.33. The van der Waals surface area contributed by atoms with Crippen molar-refractivity contribution in [2.24, 2.45) is 11.7 Å². The van der Waals surface area contributed by atoms with E-state index in [1.54, 1.807) is 4.68 Å². The summed E-state index contributed by atoms with van der Waals surface area (Å²) >= 11 is 0. The molecule has 0 radical (unpaired) electrons. The van der Waals surface area contributed by atoms with E-state index in [2.05, 4.69) is 10.3 Å². The molecule has 1 aliphatic rings. The van der Waals surface area contributed by atoms with E-state index in [0.29, 0.717) is 19.4 Å². The summed E-state index contributed by atoms with van der Waals surface area (Å²) in [5.41, 5.74) is 6.64. The molecule has 1 aromatic heterocycles. The topological polar surface area (TPSA) is 56.7 Å². The van der Waals surface area contributed by atoms with Crippen molar-refractivity contribution in [3.05, 3.63) is 11.9 Å². The Morgan fingerprint density at radius 1 is 1.50 bits per heavy atom. The molecule has 1 aliphatic carbocycles. The van der Waals surface area contributed by atoms with Crippen LogP contribution < -0.4 is 5.73 Å². The monoisotopic (exact) mass is 258 g/mol. The highest BCUT2D eigenvalue weighted by Crippen LogP contribution is 2.36. The van der Waals surface area contributed by atoms with E-state index in [1.165, 1.54) is 0 Å². The Balaban J connectivity index is 1.89. The maximum atomic E-state index is 13.0. The molecular weight excluding hydrogens is 238 g/mol. The minimum atomic E-state index is -2.46. The molecule has 1 fully saturated rings. The van der Waals surface area contributed by atoms with Crippen molar-refractivity contribution in [1.82, 2.24) is 15.0 Å². The van der Waals surface area contributed by atoms with Gasteiger partial charge in [0, 0.05) is 19.4 Å². The molecule has 1 heterocycles. The van der Waals surface area contributed by atoms with Gasteiger partial charge in [-0.3, -0.25) is 4.68 Å². The predicted octanol–water partition coefficient (Wildman–Crippen LogP) is 2.51. The molecule has 1 unspecified atom stereocenters. The SMILES string of the molecule is CCC(N)c1cn(CC2CCC(F)(F)CC2)nn1. The number of halogens is 2. The summed E-state index contributed by atoms with van der Waals surface area (Å²) in [5.74, 6) is -2.19. The van der Waals surface area contributed by atoms with Crippen LogP contribution in [0.1, 0.15) is 50.8 Å². The van der Waals surface area contributed by atoms with Gasteiger partial charge in [-0.15, -0.1) is 5.10 Å². The van der Waals surface area contributed by atoms with Crippen molar-refractivity contribution in [1.29, 1.82) is 0 Å². The van der Waals surface area contributed by atoms with Crippen molar-refractivity contribution < 1.29 is 8.78 Å². The minimum absolute atomic E-state index is 0.00626. The van der Waals surface area contributed by atoms with Crippen LogP contribution >= 0.6 is 0 Å². The van der Waals surface area contributed by atoms with Crippen LogP contribution in [-0.4, -0.2) is 20.9 Å². The third kappa shape index (κ3) is 3.25. The van der Waals surface area contributed by atoms with Crippen molar-refractivity contribution >= 4 is 0 Å². The molecule has 4 nitrogen and oxygen atoms in total. The van der Waals surface area contributed by atoms with E-state index in [0.717, 1.165) is 12.1 Å². The number of aromatic nitrogens is 3. The van der Waals surface area contributed by atoms with Crippen LogP contribution in [0.4, 0.5) is 8.78 Å². The minimum Gasteiger partial charge on any atom is -0.323 e. The number of nitrogens with two attached hydrogens (primary N) is 1. The summed E-state index contributed by atoms with van der Waals surface area (Å²) < 4.78 is 27.8. The molecule has 1 aromatic rings. The normalized spacial score (nSPS) is 22.0. The van der Waals surface area contributed by atoms with Gasteiger partial charge < -0.3 is 5.73 Å². The second-order valence-electron chi connectivity index (χ2n) is 5.18. The van der Waals surface area contributed by atoms with Crippen LogP contribution in [0.2, 0.25) is 0 Å². The standard InChI is InChI=1S/C12H20F2N4/c1-2-10(15)11-8-18(17-16-11)7-9-3-5-12(13,14)6-4-9/h8-10H,2-7,15H2,1H3. The Kier molecular flexibility index (Phi) is 3.94. The quantitative estimate of drug-likeness (QED) is 0.902. The first-order valence-corrected chi connectivity index (χ1v) is 6.53. The maximum Gasteiger partial charge on any atom is 0.248 e. The molecule has 1 atom stereocenters. The van der Waals surface area contributed by atoms with Gasteiger partial charge in [0.2, 0.25) is 5.92 Å². The molecule has 0 bridgehead atoms. The van der Waals surface area contributed by atoms with Gasteiger partial charge in [-0.2, -0.15) is 0 Å². The van der Waals surface area contributed by atoms with Crippen molar-refractivity contribution in [3.63, 3.8) is 0 Å². The molecule has 0 aromatic carbocycles. The zero-order chi connectivity index (χ0) is 13.2. The summed E-state index contributed by atoms with van der Waals surface area (Å²) in [6.07, 6.45) is 3.75. The molecule has 6 heteroatoms. The third-order valence-electron chi connectivity index (χ3n) is 3.66. The van der Waals surface area contributed by atoms with Gasteiger partial charge in [-0.1, -0.05) is 12.1 Å². The lowest BCUT2D eigenvalue weighted by Crippen LogP contribution is -2.26. The Bertz CT molecular complexity index is 381. The van der Waals surface area contributed by atoms with Crippen molar-refractivity contribution in [2.45, 2.75) is 57.5 Å². The molecule has 0 spiro atoms. The Morgan fingerprint density at radius 2 is 2.17 bits per heavy atom. The highest BCUT2D eigenvalue weighted by atomic mass is 19.3. The van der Waals surface area contributed by atoms with Crippen LogP contribution in [0.15, 0.2) is 6.20 Å². The molecule has 102 valence electrons. The number of nitrogens with zero attached hydrogens (tertiary/aromatic N) is 3. The summed E-state index contributed by atoms with van der Waals surface area (Å²) in [6, 6.07) is -0.0885. The van der Waals surface area contributed by atoms with Crippen LogP contribution in [-0.2, 0) is 6.54 Å². The van der Waals surface area contributed by atoms with Crippen molar-refractivity contribution in [2.75, 3.05) is 0 Å². The highest BCUT2D eigenvalue weighted by molar-refractivity contribution is 4.99. The van der Waals surface area contributed by atoms with Crippen LogP contribution in [0.25, 0.3) is 0 Å². The van der Waals surface area contributed by atoms with Gasteiger partial charge in [0.25, 0.3) is 0 Å². The zero-order valence-corrected chi connectivity index (χ0v) is 10.6. The first-order chi connectivity index (χ1) is 8.50. The lowest BCUT2D eigenvalue weighted by molar-refractivity contribution is -0.0476. The second kappa shape index (κ2) is 5.30. The molecular formula is C12H20F2N4. The number of rotatable bonds is 4. The summed E-state index contributed by atoms with van der Waals surface area (Å²) in [5, 5.41) is 8.04. The van der Waals surface area contributed by atoms with E-state index in [4.69, 9.17) is 5.73 Å². The first kappa shape index (κ1) is 13.4. The molecule has 0 amide bonds. The number of hydrogen-bond donors (Lipinski definition) is 1. The zero-order valence-electron chi connectivity index (χ0n) is 10.6. The van der Waals surface area contributed by atoms with Gasteiger partial charge in [0.1, 0.15) is 0 Å². The number of hydrogen-bond acceptors (Lipinski definition) is 3. The second-order valence-corrected chi connectivity index (χ2v) is 5.18. The van der Waals surface area contributed by atoms with E-state index >= 15 is 0 Å². The molecule has 0 aliphatic heterocycles. The van der Waals surface area contributed by atoms with Crippen molar-refractivity contribution in [3.8, 4) is 0 Å². The van der Waals surface area contributed by atoms with Gasteiger partial charge in [-0.25, -0.2) is 8.78 Å². The van der Waals surface area contributed by atoms with E-state index in [9.17, 15) is 8.78 Å². The van der Waals surface area contributed by atoms with Gasteiger partial charge in [0.15, 0.2) is 0 Å². The summed E-state index contributed by atoms with van der Waals surface area (Å²) in [4.78, 5) is 0. The Labute approximate surface area is 106 Å². The van der Waals surface area contributed by atoms with Crippen LogP contribution in [0, 0.1) is 5.92 Å². The Hall–Kier alpha value is -1.04. The van der Waals surface area contributed by atoms with Crippen LogP contribution in [0.5, 0.6) is 0 Å². The smallest absolute Gasteiger partial charge is 0.248 e. The van der Waals surface area contributed by atoms with Crippen LogP contribution in [0.3, 0.4) is 0 Å². The van der Waals surface area contributed by atoms with E-state index < -0.39 is 5.92 Å². The van der Waals surface area contributed by atoms with E-state index in [1.807, 2.05) is 13.1 Å².